The van der Waals surface area contributed by atoms with Gasteiger partial charge in [-0.2, -0.15) is 0 Å². The Balaban J connectivity index is 2.44. The molecule has 0 radical (unpaired) electrons. The van der Waals surface area contributed by atoms with Crippen LogP contribution < -0.4 is 11.1 Å². The molecule has 0 spiro atoms. The highest BCUT2D eigenvalue weighted by Gasteiger charge is 2.37. The first kappa shape index (κ1) is 18.4. The summed E-state index contributed by atoms with van der Waals surface area (Å²) in [5.74, 6) is 0.805. The molecule has 0 aliphatic heterocycles. The fourth-order valence-electron chi connectivity index (χ4n) is 3.23. The zero-order valence-electron chi connectivity index (χ0n) is 14.1. The Morgan fingerprint density at radius 1 is 1.33 bits per heavy atom. The van der Waals surface area contributed by atoms with Gasteiger partial charge in [0.2, 0.25) is 5.91 Å². The summed E-state index contributed by atoms with van der Waals surface area (Å²) in [6.07, 6.45) is 8.56. The summed E-state index contributed by atoms with van der Waals surface area (Å²) in [7, 11) is 0. The molecule has 4 nitrogen and oxygen atoms in total. The maximum absolute atomic E-state index is 12.0. The number of ether oxygens (including phenoxy) is 1. The zero-order chi connectivity index (χ0) is 15.7. The Labute approximate surface area is 130 Å². The minimum Gasteiger partial charge on any atom is -0.361 e. The smallest absolute Gasteiger partial charge is 0.248 e. The molecule has 1 rings (SSSR count). The minimum absolute atomic E-state index is 0.00745. The SMILES string of the molecule is CCCCNC(=O)C(C)OC1(CN)CCC(CCC)CC1. The summed E-state index contributed by atoms with van der Waals surface area (Å²) < 4.78 is 6.11. The molecule has 0 saturated heterocycles. The van der Waals surface area contributed by atoms with Gasteiger partial charge in [0, 0.05) is 13.1 Å². The van der Waals surface area contributed by atoms with Crippen LogP contribution in [0.3, 0.4) is 0 Å². The number of nitrogens with two attached hydrogens (primary N) is 1. The van der Waals surface area contributed by atoms with E-state index >= 15 is 0 Å². The predicted octanol–water partition coefficient (Wildman–Crippen LogP) is 3.00. The molecule has 124 valence electrons. The number of carbonyl (C=O) groups excluding carboxylic acids is 1. The topological polar surface area (TPSA) is 64.3 Å². The van der Waals surface area contributed by atoms with Gasteiger partial charge in [0.25, 0.3) is 0 Å². The fraction of sp³-hybridized carbons (Fsp3) is 0.941. The molecule has 3 N–H and O–H groups in total. The van der Waals surface area contributed by atoms with Gasteiger partial charge >= 0.3 is 0 Å². The molecular formula is C17H34N2O2. The second-order valence-electron chi connectivity index (χ2n) is 6.52. The zero-order valence-corrected chi connectivity index (χ0v) is 14.1. The normalized spacial score (nSPS) is 27.3. The van der Waals surface area contributed by atoms with Gasteiger partial charge in [-0.25, -0.2) is 0 Å². The lowest BCUT2D eigenvalue weighted by molar-refractivity contribution is -0.150. The molecule has 4 heteroatoms. The van der Waals surface area contributed by atoms with Crippen molar-refractivity contribution >= 4 is 5.91 Å². The highest BCUT2D eigenvalue weighted by atomic mass is 16.5. The molecule has 0 aromatic heterocycles. The third kappa shape index (κ3) is 5.95. The van der Waals surface area contributed by atoms with E-state index in [1.807, 2.05) is 6.92 Å². The number of rotatable bonds is 9. The summed E-state index contributed by atoms with van der Waals surface area (Å²) in [6.45, 7) is 7.45. The lowest BCUT2D eigenvalue weighted by Gasteiger charge is -2.40. The number of carbonyl (C=O) groups is 1. The first-order chi connectivity index (χ1) is 10.1. The molecule has 1 aliphatic rings. The van der Waals surface area contributed by atoms with Crippen molar-refractivity contribution in [1.29, 1.82) is 0 Å². The third-order valence-electron chi connectivity index (χ3n) is 4.71. The highest BCUT2D eigenvalue weighted by molar-refractivity contribution is 5.80. The first-order valence-corrected chi connectivity index (χ1v) is 8.72. The van der Waals surface area contributed by atoms with E-state index in [9.17, 15) is 4.79 Å². The van der Waals surface area contributed by atoms with Crippen molar-refractivity contribution in [2.45, 2.75) is 83.8 Å². The van der Waals surface area contributed by atoms with E-state index in [0.29, 0.717) is 6.54 Å². The molecule has 0 aromatic rings. The Bertz CT molecular complexity index is 299. The molecule has 1 aliphatic carbocycles. The van der Waals surface area contributed by atoms with Crippen LogP contribution >= 0.6 is 0 Å². The number of amides is 1. The number of hydrogen-bond donors (Lipinski definition) is 2. The molecule has 1 atom stereocenters. The first-order valence-electron chi connectivity index (χ1n) is 8.72. The quantitative estimate of drug-likeness (QED) is 0.643. The minimum atomic E-state index is -0.409. The standard InChI is InChI=1S/C17H34N2O2/c1-4-6-12-19-16(20)14(3)21-17(13-18)10-8-15(7-5-2)9-11-17/h14-15H,4-13,18H2,1-3H3,(H,19,20). The summed E-state index contributed by atoms with van der Waals surface area (Å²) in [5.41, 5.74) is 5.69. The average Bonchev–Trinajstić information content (AvgIpc) is 2.49. The Morgan fingerprint density at radius 2 is 2.00 bits per heavy atom. The van der Waals surface area contributed by atoms with Crippen molar-refractivity contribution in [3.05, 3.63) is 0 Å². The van der Waals surface area contributed by atoms with Gasteiger partial charge in [-0.3, -0.25) is 4.79 Å². The van der Waals surface area contributed by atoms with Crippen LogP contribution in [0, 0.1) is 5.92 Å². The number of hydrogen-bond acceptors (Lipinski definition) is 3. The lowest BCUT2D eigenvalue weighted by atomic mass is 9.77. The van der Waals surface area contributed by atoms with Crippen LogP contribution in [0.5, 0.6) is 0 Å². The van der Waals surface area contributed by atoms with Gasteiger partial charge in [-0.15, -0.1) is 0 Å². The molecule has 0 aromatic carbocycles. The summed E-state index contributed by atoms with van der Waals surface area (Å²) in [6, 6.07) is 0. The molecule has 21 heavy (non-hydrogen) atoms. The van der Waals surface area contributed by atoms with Crippen molar-refractivity contribution in [2.75, 3.05) is 13.1 Å². The third-order valence-corrected chi connectivity index (χ3v) is 4.71. The monoisotopic (exact) mass is 298 g/mol. The van der Waals surface area contributed by atoms with E-state index in [2.05, 4.69) is 19.2 Å². The molecule has 0 heterocycles. The van der Waals surface area contributed by atoms with Crippen molar-refractivity contribution in [3.63, 3.8) is 0 Å². The van der Waals surface area contributed by atoms with E-state index in [4.69, 9.17) is 10.5 Å². The second-order valence-corrected chi connectivity index (χ2v) is 6.52. The number of nitrogens with one attached hydrogen (secondary N) is 1. The fourth-order valence-corrected chi connectivity index (χ4v) is 3.23. The molecular weight excluding hydrogens is 264 g/mol. The second kappa shape index (κ2) is 9.42. The molecule has 1 fully saturated rings. The molecule has 1 saturated carbocycles. The van der Waals surface area contributed by atoms with Gasteiger partial charge in [0.05, 0.1) is 5.60 Å². The maximum atomic E-state index is 12.0. The molecule has 0 bridgehead atoms. The van der Waals surface area contributed by atoms with Gasteiger partial charge in [0.15, 0.2) is 0 Å². The highest BCUT2D eigenvalue weighted by Crippen LogP contribution is 2.37. The maximum Gasteiger partial charge on any atom is 0.248 e. The number of unbranched alkanes of at least 4 members (excludes halogenated alkanes) is 1. The van der Waals surface area contributed by atoms with Gasteiger partial charge < -0.3 is 15.8 Å². The average molecular weight is 298 g/mol. The molecule has 1 unspecified atom stereocenters. The Morgan fingerprint density at radius 3 is 2.52 bits per heavy atom. The van der Waals surface area contributed by atoms with Crippen LogP contribution in [0.4, 0.5) is 0 Å². The summed E-state index contributed by atoms with van der Waals surface area (Å²) in [5, 5.41) is 2.94. The Hall–Kier alpha value is -0.610. The van der Waals surface area contributed by atoms with Crippen molar-refractivity contribution < 1.29 is 9.53 Å². The largest absolute Gasteiger partial charge is 0.361 e. The van der Waals surface area contributed by atoms with Gasteiger partial charge in [-0.1, -0.05) is 33.1 Å². The van der Waals surface area contributed by atoms with Crippen LogP contribution in [0.1, 0.15) is 72.1 Å². The summed E-state index contributed by atoms with van der Waals surface area (Å²) in [4.78, 5) is 12.0. The lowest BCUT2D eigenvalue weighted by Crippen LogP contribution is -2.49. The Kier molecular flexibility index (Phi) is 8.27. The predicted molar refractivity (Wildman–Crippen MR) is 87.1 cm³/mol. The van der Waals surface area contributed by atoms with E-state index < -0.39 is 6.10 Å². The van der Waals surface area contributed by atoms with Crippen molar-refractivity contribution in [1.82, 2.24) is 5.32 Å². The summed E-state index contributed by atoms with van der Waals surface area (Å²) >= 11 is 0. The van der Waals surface area contributed by atoms with Crippen LogP contribution in [-0.2, 0) is 9.53 Å². The van der Waals surface area contributed by atoms with Gasteiger partial charge in [-0.05, 0) is 44.9 Å². The molecule has 1 amide bonds. The van der Waals surface area contributed by atoms with Crippen molar-refractivity contribution in [3.8, 4) is 0 Å². The van der Waals surface area contributed by atoms with Crippen LogP contribution in [0.15, 0.2) is 0 Å². The van der Waals surface area contributed by atoms with E-state index in [1.54, 1.807) is 0 Å². The van der Waals surface area contributed by atoms with Crippen molar-refractivity contribution in [2.24, 2.45) is 11.7 Å². The van der Waals surface area contributed by atoms with E-state index in [-0.39, 0.29) is 11.5 Å². The van der Waals surface area contributed by atoms with E-state index in [0.717, 1.165) is 38.1 Å². The van der Waals surface area contributed by atoms with Crippen LogP contribution in [0.2, 0.25) is 0 Å². The van der Waals surface area contributed by atoms with Crippen LogP contribution in [0.25, 0.3) is 0 Å². The van der Waals surface area contributed by atoms with Gasteiger partial charge in [0.1, 0.15) is 6.10 Å². The van der Waals surface area contributed by atoms with E-state index in [1.165, 1.54) is 25.7 Å². The van der Waals surface area contributed by atoms with Crippen LogP contribution in [-0.4, -0.2) is 30.7 Å².